The van der Waals surface area contributed by atoms with Gasteiger partial charge in [0.05, 0.1) is 24.8 Å². The second-order valence-corrected chi connectivity index (χ2v) is 7.06. The van der Waals surface area contributed by atoms with E-state index in [-0.39, 0.29) is 18.0 Å². The Bertz CT molecular complexity index is 1030. The Morgan fingerprint density at radius 1 is 1.17 bits per heavy atom. The maximum absolute atomic E-state index is 12.9. The Morgan fingerprint density at radius 2 is 1.90 bits per heavy atom. The van der Waals surface area contributed by atoms with E-state index >= 15 is 0 Å². The maximum Gasteiger partial charge on any atom is 0.343 e. The van der Waals surface area contributed by atoms with Crippen LogP contribution < -0.4 is 10.2 Å². The van der Waals surface area contributed by atoms with Gasteiger partial charge in [0.2, 0.25) is 5.13 Å². The number of benzene rings is 2. The second kappa shape index (κ2) is 10.3. The van der Waals surface area contributed by atoms with E-state index in [0.29, 0.717) is 17.5 Å². The molecule has 7 nitrogen and oxygen atoms in total. The monoisotopic (exact) mass is 427 g/mol. The fraction of sp³-hybridized carbons (Fsp3) is 0.143. The molecule has 1 N–H and O–H groups in total. The van der Waals surface area contributed by atoms with Gasteiger partial charge >= 0.3 is 11.9 Å². The van der Waals surface area contributed by atoms with Crippen LogP contribution in [0.3, 0.4) is 0 Å². The smallest absolute Gasteiger partial charge is 0.343 e. The van der Waals surface area contributed by atoms with Crippen molar-refractivity contribution in [2.24, 2.45) is 5.10 Å². The van der Waals surface area contributed by atoms with Crippen LogP contribution in [0, 0.1) is 5.82 Å². The summed E-state index contributed by atoms with van der Waals surface area (Å²) >= 11 is 1.31. The Labute approximate surface area is 176 Å². The number of thiazole rings is 1. The van der Waals surface area contributed by atoms with Gasteiger partial charge in [-0.3, -0.25) is 10.2 Å². The molecule has 9 heteroatoms. The average molecular weight is 427 g/mol. The second-order valence-electron chi connectivity index (χ2n) is 5.95. The van der Waals surface area contributed by atoms with Gasteiger partial charge in [-0.25, -0.2) is 14.2 Å². The molecular weight excluding hydrogens is 409 g/mol. The number of ether oxygens (including phenoxy) is 2. The van der Waals surface area contributed by atoms with Crippen LogP contribution in [0.1, 0.15) is 27.7 Å². The van der Waals surface area contributed by atoms with Gasteiger partial charge in [0.25, 0.3) is 0 Å². The summed E-state index contributed by atoms with van der Waals surface area (Å²) in [4.78, 5) is 28.4. The van der Waals surface area contributed by atoms with Crippen molar-refractivity contribution in [1.82, 2.24) is 4.98 Å². The predicted octanol–water partition coefficient (Wildman–Crippen LogP) is 4.05. The molecule has 0 saturated heterocycles. The third-order valence-corrected chi connectivity index (χ3v) is 4.62. The van der Waals surface area contributed by atoms with Gasteiger partial charge in [-0.1, -0.05) is 11.3 Å². The quantitative estimate of drug-likeness (QED) is 0.252. The standard InChI is InChI=1S/C21H18FN3O4S/c1-2-28-19(26)11-18-13-23-21(30-18)25-24-12-14-3-9-17(10-4-14)29-20(27)15-5-7-16(22)8-6-15/h3-10,12-13H,2,11H2,1H3,(H,23,25)/b24-12+. The fourth-order valence-electron chi connectivity index (χ4n) is 2.33. The third-order valence-electron chi connectivity index (χ3n) is 3.72. The molecule has 0 amide bonds. The Morgan fingerprint density at radius 3 is 2.60 bits per heavy atom. The van der Waals surface area contributed by atoms with E-state index in [9.17, 15) is 14.0 Å². The normalized spacial score (nSPS) is 10.7. The van der Waals surface area contributed by atoms with Crippen molar-refractivity contribution in [3.8, 4) is 5.75 Å². The van der Waals surface area contributed by atoms with Gasteiger partial charge in [0.1, 0.15) is 11.6 Å². The third kappa shape index (κ3) is 6.21. The first-order valence-corrected chi connectivity index (χ1v) is 9.82. The van der Waals surface area contributed by atoms with Crippen LogP contribution in [-0.4, -0.2) is 29.7 Å². The Hall–Kier alpha value is -3.59. The molecule has 3 aromatic rings. The SMILES string of the molecule is CCOC(=O)Cc1cnc(N/N=C/c2ccc(OC(=O)c3ccc(F)cc3)cc2)s1. The van der Waals surface area contributed by atoms with E-state index in [1.807, 2.05) is 0 Å². The molecule has 0 fully saturated rings. The summed E-state index contributed by atoms with van der Waals surface area (Å²) in [5.41, 5.74) is 3.83. The first kappa shape index (κ1) is 21.1. The molecule has 0 saturated carbocycles. The maximum atomic E-state index is 12.9. The number of hydrazone groups is 1. The van der Waals surface area contributed by atoms with Gasteiger partial charge in [-0.15, -0.1) is 0 Å². The van der Waals surface area contributed by atoms with Gasteiger partial charge in [0.15, 0.2) is 0 Å². The van der Waals surface area contributed by atoms with Crippen molar-refractivity contribution >= 4 is 34.6 Å². The van der Waals surface area contributed by atoms with Crippen molar-refractivity contribution in [3.63, 3.8) is 0 Å². The number of hydrogen-bond acceptors (Lipinski definition) is 8. The molecule has 0 unspecified atom stereocenters. The number of aromatic nitrogens is 1. The average Bonchev–Trinajstić information content (AvgIpc) is 3.17. The van der Waals surface area contributed by atoms with Crippen molar-refractivity contribution in [1.29, 1.82) is 0 Å². The molecule has 0 radical (unpaired) electrons. The van der Waals surface area contributed by atoms with Crippen molar-refractivity contribution < 1.29 is 23.5 Å². The zero-order valence-electron chi connectivity index (χ0n) is 16.0. The molecule has 3 rings (SSSR count). The van der Waals surface area contributed by atoms with Crippen LogP contribution in [0.15, 0.2) is 59.8 Å². The van der Waals surface area contributed by atoms with Crippen molar-refractivity contribution in [2.45, 2.75) is 13.3 Å². The van der Waals surface area contributed by atoms with Crippen molar-refractivity contribution in [2.75, 3.05) is 12.0 Å². The molecule has 0 aliphatic carbocycles. The number of nitrogens with zero attached hydrogens (tertiary/aromatic N) is 2. The van der Waals surface area contributed by atoms with Crippen LogP contribution >= 0.6 is 11.3 Å². The zero-order chi connectivity index (χ0) is 21.3. The lowest BCUT2D eigenvalue weighted by Gasteiger charge is -2.04. The van der Waals surface area contributed by atoms with Gasteiger partial charge in [-0.2, -0.15) is 5.10 Å². The number of esters is 2. The fourth-order valence-corrected chi connectivity index (χ4v) is 3.08. The zero-order valence-corrected chi connectivity index (χ0v) is 16.8. The molecule has 1 heterocycles. The van der Waals surface area contributed by atoms with E-state index < -0.39 is 11.8 Å². The molecule has 0 spiro atoms. The topological polar surface area (TPSA) is 89.9 Å². The van der Waals surface area contributed by atoms with E-state index in [1.165, 1.54) is 35.6 Å². The predicted molar refractivity (Wildman–Crippen MR) is 111 cm³/mol. The lowest BCUT2D eigenvalue weighted by Crippen LogP contribution is -2.08. The number of nitrogens with one attached hydrogen (secondary N) is 1. The highest BCUT2D eigenvalue weighted by atomic mass is 32.1. The molecule has 30 heavy (non-hydrogen) atoms. The summed E-state index contributed by atoms with van der Waals surface area (Å²) < 4.78 is 23.1. The summed E-state index contributed by atoms with van der Waals surface area (Å²) in [5.74, 6) is -0.924. The number of anilines is 1. The molecule has 0 aliphatic heterocycles. The minimum atomic E-state index is -0.569. The van der Waals surface area contributed by atoms with Gasteiger partial charge in [-0.05, 0) is 61.0 Å². The summed E-state index contributed by atoms with van der Waals surface area (Å²) in [6.07, 6.45) is 3.36. The summed E-state index contributed by atoms with van der Waals surface area (Å²) in [5, 5.41) is 4.65. The largest absolute Gasteiger partial charge is 0.466 e. The van der Waals surface area contributed by atoms with E-state index in [2.05, 4.69) is 15.5 Å². The molecule has 2 aromatic carbocycles. The van der Waals surface area contributed by atoms with E-state index in [4.69, 9.17) is 9.47 Å². The highest BCUT2D eigenvalue weighted by molar-refractivity contribution is 7.15. The number of rotatable bonds is 8. The lowest BCUT2D eigenvalue weighted by atomic mass is 10.2. The van der Waals surface area contributed by atoms with Crippen LogP contribution in [-0.2, 0) is 16.0 Å². The van der Waals surface area contributed by atoms with Crippen molar-refractivity contribution in [3.05, 3.63) is 76.5 Å². The van der Waals surface area contributed by atoms with Crippen LogP contribution in [0.5, 0.6) is 5.75 Å². The molecule has 0 aliphatic rings. The molecule has 0 atom stereocenters. The highest BCUT2D eigenvalue weighted by Gasteiger charge is 2.09. The summed E-state index contributed by atoms with van der Waals surface area (Å²) in [6, 6.07) is 11.8. The van der Waals surface area contributed by atoms with E-state index in [1.54, 1.807) is 43.6 Å². The first-order valence-electron chi connectivity index (χ1n) is 9.00. The van der Waals surface area contributed by atoms with Crippen LogP contribution in [0.4, 0.5) is 9.52 Å². The lowest BCUT2D eigenvalue weighted by molar-refractivity contribution is -0.142. The van der Waals surface area contributed by atoms with Gasteiger partial charge in [0, 0.05) is 11.1 Å². The molecule has 154 valence electrons. The minimum Gasteiger partial charge on any atom is -0.466 e. The Balaban J connectivity index is 1.51. The number of hydrogen-bond donors (Lipinski definition) is 1. The molecule has 0 bridgehead atoms. The van der Waals surface area contributed by atoms with Gasteiger partial charge < -0.3 is 9.47 Å². The summed E-state index contributed by atoms with van der Waals surface area (Å²) in [7, 11) is 0. The minimum absolute atomic E-state index is 0.176. The number of carbonyl (C=O) groups excluding carboxylic acids is 2. The van der Waals surface area contributed by atoms with Crippen LogP contribution in [0.25, 0.3) is 0 Å². The highest BCUT2D eigenvalue weighted by Crippen LogP contribution is 2.19. The number of carbonyl (C=O) groups is 2. The number of halogens is 1. The van der Waals surface area contributed by atoms with E-state index in [0.717, 1.165) is 10.4 Å². The first-order chi connectivity index (χ1) is 14.5. The molecular formula is C21H18FN3O4S. The Kier molecular flexibility index (Phi) is 7.23. The summed E-state index contributed by atoms with van der Waals surface area (Å²) in [6.45, 7) is 2.10. The van der Waals surface area contributed by atoms with Crippen LogP contribution in [0.2, 0.25) is 0 Å². The molecule has 1 aromatic heterocycles.